The van der Waals surface area contributed by atoms with Crippen molar-refractivity contribution in [3.8, 4) is 0 Å². The van der Waals surface area contributed by atoms with Crippen molar-refractivity contribution in [1.82, 2.24) is 0 Å². The summed E-state index contributed by atoms with van der Waals surface area (Å²) in [5, 5.41) is -1.27. The van der Waals surface area contributed by atoms with E-state index in [1.54, 1.807) is 12.1 Å². The fraction of sp³-hybridized carbons (Fsp3) is 0.385. The van der Waals surface area contributed by atoms with Crippen molar-refractivity contribution in [3.05, 3.63) is 35.4 Å². The average molecular weight is 255 g/mol. The van der Waals surface area contributed by atoms with E-state index in [1.807, 2.05) is 12.1 Å². The van der Waals surface area contributed by atoms with E-state index in [0.29, 0.717) is 5.56 Å². The Hall–Kier alpha value is -1.35. The van der Waals surface area contributed by atoms with Crippen LogP contribution in [-0.2, 0) is 16.0 Å². The van der Waals surface area contributed by atoms with Crippen molar-refractivity contribution in [3.63, 3.8) is 0 Å². The topological polar surface area (TPSA) is 43.4 Å². The molecule has 0 fully saturated rings. The van der Waals surface area contributed by atoms with Crippen molar-refractivity contribution < 1.29 is 14.3 Å². The van der Waals surface area contributed by atoms with E-state index in [9.17, 15) is 9.59 Å². The first-order valence-corrected chi connectivity index (χ1v) is 5.88. The molecule has 1 aromatic rings. The molecule has 0 bridgehead atoms. The minimum Gasteiger partial charge on any atom is -0.468 e. The standard InChI is InChI=1S/C13H15ClO3/c1-3-4-9-5-7-10(8-6-9)12(15)11(14)13(16)17-2/h5-8,11H,3-4H2,1-2H3. The van der Waals surface area contributed by atoms with Gasteiger partial charge in [-0.05, 0) is 12.0 Å². The Morgan fingerprint density at radius 2 is 1.88 bits per heavy atom. The van der Waals surface area contributed by atoms with Crippen molar-refractivity contribution in [2.45, 2.75) is 25.1 Å². The smallest absolute Gasteiger partial charge is 0.331 e. The van der Waals surface area contributed by atoms with Crippen LogP contribution in [0.2, 0.25) is 0 Å². The van der Waals surface area contributed by atoms with E-state index in [0.717, 1.165) is 18.4 Å². The molecule has 1 aromatic carbocycles. The van der Waals surface area contributed by atoms with Gasteiger partial charge < -0.3 is 4.74 Å². The van der Waals surface area contributed by atoms with Crippen molar-refractivity contribution in [2.75, 3.05) is 7.11 Å². The largest absolute Gasteiger partial charge is 0.468 e. The lowest BCUT2D eigenvalue weighted by Gasteiger charge is -2.07. The number of hydrogen-bond acceptors (Lipinski definition) is 3. The zero-order valence-electron chi connectivity index (χ0n) is 9.90. The molecule has 0 heterocycles. The number of ether oxygens (including phenoxy) is 1. The lowest BCUT2D eigenvalue weighted by molar-refractivity contribution is -0.139. The number of aryl methyl sites for hydroxylation is 1. The van der Waals surface area contributed by atoms with Gasteiger partial charge in [-0.2, -0.15) is 0 Å². The monoisotopic (exact) mass is 254 g/mol. The second-order valence-corrected chi connectivity index (χ2v) is 4.13. The summed E-state index contributed by atoms with van der Waals surface area (Å²) in [7, 11) is 1.20. The summed E-state index contributed by atoms with van der Waals surface area (Å²) < 4.78 is 4.43. The molecule has 3 nitrogen and oxygen atoms in total. The molecular weight excluding hydrogens is 240 g/mol. The molecule has 0 aliphatic rings. The number of alkyl halides is 1. The van der Waals surface area contributed by atoms with Gasteiger partial charge in [0, 0.05) is 5.56 Å². The normalized spacial score (nSPS) is 11.9. The van der Waals surface area contributed by atoms with Crippen LogP contribution in [0.3, 0.4) is 0 Å². The molecule has 1 rings (SSSR count). The number of carbonyl (C=O) groups is 2. The lowest BCUT2D eigenvalue weighted by atomic mass is 10.0. The number of Topliss-reactive ketones (excluding diaryl/α,β-unsaturated/α-hetero) is 1. The third-order valence-corrected chi connectivity index (χ3v) is 2.79. The van der Waals surface area contributed by atoms with Crippen molar-refractivity contribution >= 4 is 23.4 Å². The minimum absolute atomic E-state index is 0.426. The molecule has 92 valence electrons. The highest BCUT2D eigenvalue weighted by molar-refractivity contribution is 6.43. The maximum Gasteiger partial charge on any atom is 0.331 e. The van der Waals surface area contributed by atoms with Gasteiger partial charge in [0.15, 0.2) is 11.2 Å². The van der Waals surface area contributed by atoms with Crippen LogP contribution in [0.1, 0.15) is 29.3 Å². The summed E-state index contributed by atoms with van der Waals surface area (Å²) in [6.45, 7) is 2.09. The summed E-state index contributed by atoms with van der Waals surface area (Å²) >= 11 is 5.69. The molecule has 0 saturated heterocycles. The first-order chi connectivity index (χ1) is 8.10. The van der Waals surface area contributed by atoms with Gasteiger partial charge in [-0.15, -0.1) is 11.6 Å². The van der Waals surface area contributed by atoms with Crippen LogP contribution >= 0.6 is 11.6 Å². The predicted molar refractivity (Wildman–Crippen MR) is 66.4 cm³/mol. The highest BCUT2D eigenvalue weighted by Gasteiger charge is 2.25. The maximum atomic E-state index is 11.8. The quantitative estimate of drug-likeness (QED) is 0.351. The minimum atomic E-state index is -1.27. The Kier molecular flexibility index (Phi) is 5.16. The molecule has 0 amide bonds. The van der Waals surface area contributed by atoms with Gasteiger partial charge in [-0.25, -0.2) is 4.79 Å². The summed E-state index contributed by atoms with van der Waals surface area (Å²) in [5.74, 6) is -1.16. The van der Waals surface area contributed by atoms with E-state index in [4.69, 9.17) is 11.6 Å². The number of esters is 1. The third-order valence-electron chi connectivity index (χ3n) is 2.42. The number of methoxy groups -OCH3 is 1. The molecule has 0 aliphatic carbocycles. The molecule has 0 saturated carbocycles. The average Bonchev–Trinajstić information content (AvgIpc) is 2.37. The van der Waals surface area contributed by atoms with Crippen LogP contribution in [0.25, 0.3) is 0 Å². The molecule has 4 heteroatoms. The van der Waals surface area contributed by atoms with Crippen molar-refractivity contribution in [2.24, 2.45) is 0 Å². The second kappa shape index (κ2) is 6.40. The predicted octanol–water partition coefficient (Wildman–Crippen LogP) is 2.60. The van der Waals surface area contributed by atoms with Gasteiger partial charge in [0.05, 0.1) is 7.11 Å². The highest BCUT2D eigenvalue weighted by atomic mass is 35.5. The fourth-order valence-corrected chi connectivity index (χ4v) is 1.70. The second-order valence-electron chi connectivity index (χ2n) is 3.70. The Morgan fingerprint density at radius 3 is 2.35 bits per heavy atom. The fourth-order valence-electron chi connectivity index (χ4n) is 1.48. The Labute approximate surface area is 106 Å². The van der Waals surface area contributed by atoms with Crippen LogP contribution in [-0.4, -0.2) is 24.2 Å². The van der Waals surface area contributed by atoms with Gasteiger partial charge in [-0.3, -0.25) is 4.79 Å². The number of halogens is 1. The Morgan fingerprint density at radius 1 is 1.29 bits per heavy atom. The SMILES string of the molecule is CCCc1ccc(C(=O)C(Cl)C(=O)OC)cc1. The van der Waals surface area contributed by atoms with Gasteiger partial charge >= 0.3 is 5.97 Å². The van der Waals surface area contributed by atoms with Gasteiger partial charge in [-0.1, -0.05) is 37.6 Å². The summed E-state index contributed by atoms with van der Waals surface area (Å²) in [6.07, 6.45) is 2.02. The summed E-state index contributed by atoms with van der Waals surface area (Å²) in [6, 6.07) is 7.12. The molecular formula is C13H15ClO3. The first-order valence-electron chi connectivity index (χ1n) is 5.45. The first kappa shape index (κ1) is 13.7. The number of hydrogen-bond donors (Lipinski definition) is 0. The number of benzene rings is 1. The maximum absolute atomic E-state index is 11.8. The zero-order chi connectivity index (χ0) is 12.8. The van der Waals surface area contributed by atoms with E-state index in [1.165, 1.54) is 7.11 Å². The molecule has 0 aromatic heterocycles. The molecule has 0 N–H and O–H groups in total. The lowest BCUT2D eigenvalue weighted by Crippen LogP contribution is -2.25. The van der Waals surface area contributed by atoms with Crippen LogP contribution < -0.4 is 0 Å². The number of carbonyl (C=O) groups excluding carboxylic acids is 2. The Bertz CT molecular complexity index is 398. The van der Waals surface area contributed by atoms with Crippen LogP contribution in [0.5, 0.6) is 0 Å². The number of ketones is 1. The van der Waals surface area contributed by atoms with Crippen LogP contribution in [0.15, 0.2) is 24.3 Å². The van der Waals surface area contributed by atoms with Gasteiger partial charge in [0.1, 0.15) is 0 Å². The van der Waals surface area contributed by atoms with Crippen LogP contribution in [0.4, 0.5) is 0 Å². The molecule has 0 radical (unpaired) electrons. The van der Waals surface area contributed by atoms with Gasteiger partial charge in [0.2, 0.25) is 0 Å². The van der Waals surface area contributed by atoms with Crippen LogP contribution in [0, 0.1) is 0 Å². The van der Waals surface area contributed by atoms with Gasteiger partial charge in [0.25, 0.3) is 0 Å². The van der Waals surface area contributed by atoms with E-state index < -0.39 is 17.1 Å². The number of rotatable bonds is 5. The summed E-state index contributed by atoms with van der Waals surface area (Å²) in [5.41, 5.74) is 1.59. The molecule has 17 heavy (non-hydrogen) atoms. The molecule has 0 spiro atoms. The van der Waals surface area contributed by atoms with E-state index >= 15 is 0 Å². The van der Waals surface area contributed by atoms with E-state index in [-0.39, 0.29) is 0 Å². The summed E-state index contributed by atoms with van der Waals surface area (Å²) in [4.78, 5) is 22.9. The third kappa shape index (κ3) is 3.56. The molecule has 0 aliphatic heterocycles. The molecule has 1 atom stereocenters. The molecule has 1 unspecified atom stereocenters. The Balaban J connectivity index is 2.79. The zero-order valence-corrected chi connectivity index (χ0v) is 10.7. The van der Waals surface area contributed by atoms with E-state index in [2.05, 4.69) is 11.7 Å². The highest BCUT2D eigenvalue weighted by Crippen LogP contribution is 2.12. The van der Waals surface area contributed by atoms with Crippen molar-refractivity contribution in [1.29, 1.82) is 0 Å².